The van der Waals surface area contributed by atoms with Gasteiger partial charge in [0.25, 0.3) is 0 Å². The van der Waals surface area contributed by atoms with Gasteiger partial charge in [0, 0.05) is 23.8 Å². The van der Waals surface area contributed by atoms with Gasteiger partial charge in [0.15, 0.2) is 0 Å². The van der Waals surface area contributed by atoms with Crippen molar-refractivity contribution in [2.45, 2.75) is 27.2 Å². The van der Waals surface area contributed by atoms with E-state index in [1.54, 1.807) is 0 Å². The van der Waals surface area contributed by atoms with E-state index in [2.05, 4.69) is 49.3 Å². The second kappa shape index (κ2) is 5.17. The summed E-state index contributed by atoms with van der Waals surface area (Å²) in [4.78, 5) is 4.44. The Hall–Kier alpha value is -1.57. The van der Waals surface area contributed by atoms with Crippen molar-refractivity contribution >= 4 is 16.6 Å². The first-order chi connectivity index (χ1) is 8.18. The number of benzene rings is 1. The SMILES string of the molecule is Cc1ccc(NCCC(C)C)c2cccnc12. The fourth-order valence-electron chi connectivity index (χ4n) is 1.96. The quantitative estimate of drug-likeness (QED) is 0.855. The Bertz CT molecular complexity index is 503. The maximum Gasteiger partial charge on any atom is 0.0751 e. The Balaban J connectivity index is 2.26. The average Bonchev–Trinajstić information content (AvgIpc) is 2.32. The van der Waals surface area contributed by atoms with Crippen molar-refractivity contribution in [3.63, 3.8) is 0 Å². The van der Waals surface area contributed by atoms with Crippen LogP contribution in [0.3, 0.4) is 0 Å². The van der Waals surface area contributed by atoms with Gasteiger partial charge < -0.3 is 5.32 Å². The second-order valence-electron chi connectivity index (χ2n) is 4.94. The van der Waals surface area contributed by atoms with Gasteiger partial charge in [0.1, 0.15) is 0 Å². The summed E-state index contributed by atoms with van der Waals surface area (Å²) in [6.45, 7) is 7.62. The van der Waals surface area contributed by atoms with Gasteiger partial charge in [-0.15, -0.1) is 0 Å². The van der Waals surface area contributed by atoms with Crippen molar-refractivity contribution in [3.05, 3.63) is 36.0 Å². The number of aryl methyl sites for hydroxylation is 1. The second-order valence-corrected chi connectivity index (χ2v) is 4.94. The van der Waals surface area contributed by atoms with Gasteiger partial charge in [-0.3, -0.25) is 4.98 Å². The Kier molecular flexibility index (Phi) is 3.62. The van der Waals surface area contributed by atoms with Gasteiger partial charge in [-0.2, -0.15) is 0 Å². The molecule has 0 aliphatic heterocycles. The van der Waals surface area contributed by atoms with E-state index in [-0.39, 0.29) is 0 Å². The molecule has 1 N–H and O–H groups in total. The standard InChI is InChI=1S/C15H20N2/c1-11(2)8-10-16-14-7-6-12(3)15-13(14)5-4-9-17-15/h4-7,9,11,16H,8,10H2,1-3H3. The number of rotatable bonds is 4. The molecule has 0 bridgehead atoms. The first-order valence-electron chi connectivity index (χ1n) is 6.26. The van der Waals surface area contributed by atoms with E-state index in [0.717, 1.165) is 18.0 Å². The molecule has 0 aliphatic rings. The third kappa shape index (κ3) is 2.76. The van der Waals surface area contributed by atoms with Gasteiger partial charge in [0.2, 0.25) is 0 Å². The molecule has 0 unspecified atom stereocenters. The molecule has 2 rings (SSSR count). The van der Waals surface area contributed by atoms with E-state index in [1.165, 1.54) is 23.1 Å². The van der Waals surface area contributed by atoms with Crippen molar-refractivity contribution < 1.29 is 0 Å². The zero-order chi connectivity index (χ0) is 12.3. The highest BCUT2D eigenvalue weighted by Gasteiger charge is 2.03. The number of hydrogen-bond donors (Lipinski definition) is 1. The zero-order valence-corrected chi connectivity index (χ0v) is 10.8. The van der Waals surface area contributed by atoms with Crippen molar-refractivity contribution in [2.75, 3.05) is 11.9 Å². The summed E-state index contributed by atoms with van der Waals surface area (Å²) in [6, 6.07) is 8.41. The highest BCUT2D eigenvalue weighted by atomic mass is 14.9. The number of aromatic nitrogens is 1. The van der Waals surface area contributed by atoms with Crippen LogP contribution in [0.2, 0.25) is 0 Å². The third-order valence-corrected chi connectivity index (χ3v) is 3.01. The van der Waals surface area contributed by atoms with Crippen LogP contribution in [0.15, 0.2) is 30.5 Å². The molecule has 0 aliphatic carbocycles. The number of hydrogen-bond acceptors (Lipinski definition) is 2. The molecular formula is C15H20N2. The summed E-state index contributed by atoms with van der Waals surface area (Å²) in [7, 11) is 0. The molecule has 0 atom stereocenters. The minimum atomic E-state index is 0.734. The fourth-order valence-corrected chi connectivity index (χ4v) is 1.96. The predicted octanol–water partition coefficient (Wildman–Crippen LogP) is 4.00. The smallest absolute Gasteiger partial charge is 0.0751 e. The fraction of sp³-hybridized carbons (Fsp3) is 0.400. The number of pyridine rings is 1. The zero-order valence-electron chi connectivity index (χ0n) is 10.8. The lowest BCUT2D eigenvalue weighted by Crippen LogP contribution is -2.05. The van der Waals surface area contributed by atoms with Crippen LogP contribution in [0.4, 0.5) is 5.69 Å². The normalized spacial score (nSPS) is 11.1. The molecule has 17 heavy (non-hydrogen) atoms. The molecule has 90 valence electrons. The van der Waals surface area contributed by atoms with Crippen LogP contribution in [0, 0.1) is 12.8 Å². The van der Waals surface area contributed by atoms with Crippen LogP contribution in [0.5, 0.6) is 0 Å². The molecule has 1 aromatic heterocycles. The third-order valence-electron chi connectivity index (χ3n) is 3.01. The number of anilines is 1. The van der Waals surface area contributed by atoms with Gasteiger partial charge in [-0.25, -0.2) is 0 Å². The Labute approximate surface area is 103 Å². The van der Waals surface area contributed by atoms with E-state index in [0.29, 0.717) is 0 Å². The van der Waals surface area contributed by atoms with E-state index in [1.807, 2.05) is 12.3 Å². The molecule has 0 spiro atoms. The summed E-state index contributed by atoms with van der Waals surface area (Å²) in [5.41, 5.74) is 3.52. The maximum absolute atomic E-state index is 4.44. The van der Waals surface area contributed by atoms with Gasteiger partial charge >= 0.3 is 0 Å². The molecule has 0 radical (unpaired) electrons. The molecule has 2 heteroatoms. The summed E-state index contributed by atoms with van der Waals surface area (Å²) in [6.07, 6.45) is 3.04. The van der Waals surface area contributed by atoms with E-state index >= 15 is 0 Å². The lowest BCUT2D eigenvalue weighted by Gasteiger charge is -2.11. The first-order valence-corrected chi connectivity index (χ1v) is 6.26. The molecule has 0 saturated carbocycles. The van der Waals surface area contributed by atoms with Crippen LogP contribution in [-0.2, 0) is 0 Å². The first kappa shape index (κ1) is 11.9. The molecule has 1 heterocycles. The van der Waals surface area contributed by atoms with Crippen LogP contribution in [0.25, 0.3) is 10.9 Å². The number of nitrogens with zero attached hydrogens (tertiary/aromatic N) is 1. The van der Waals surface area contributed by atoms with Gasteiger partial charge in [-0.05, 0) is 43.0 Å². The largest absolute Gasteiger partial charge is 0.384 e. The molecular weight excluding hydrogens is 208 g/mol. The maximum atomic E-state index is 4.44. The Morgan fingerprint density at radius 1 is 1.24 bits per heavy atom. The van der Waals surface area contributed by atoms with E-state index < -0.39 is 0 Å². The Morgan fingerprint density at radius 3 is 2.82 bits per heavy atom. The number of fused-ring (bicyclic) bond motifs is 1. The molecule has 0 amide bonds. The minimum absolute atomic E-state index is 0.734. The lowest BCUT2D eigenvalue weighted by molar-refractivity contribution is 0.607. The van der Waals surface area contributed by atoms with Crippen LogP contribution >= 0.6 is 0 Å². The van der Waals surface area contributed by atoms with Crippen LogP contribution in [-0.4, -0.2) is 11.5 Å². The van der Waals surface area contributed by atoms with Crippen LogP contribution < -0.4 is 5.32 Å². The minimum Gasteiger partial charge on any atom is -0.384 e. The van der Waals surface area contributed by atoms with Crippen molar-refractivity contribution in [1.82, 2.24) is 4.98 Å². The number of nitrogens with one attached hydrogen (secondary N) is 1. The molecule has 0 fully saturated rings. The van der Waals surface area contributed by atoms with E-state index in [9.17, 15) is 0 Å². The summed E-state index contributed by atoms with van der Waals surface area (Å²) in [5, 5.41) is 4.72. The average molecular weight is 228 g/mol. The van der Waals surface area contributed by atoms with Crippen LogP contribution in [0.1, 0.15) is 25.8 Å². The molecule has 1 aromatic carbocycles. The summed E-state index contributed by atoms with van der Waals surface area (Å²) >= 11 is 0. The van der Waals surface area contributed by atoms with Crippen molar-refractivity contribution in [1.29, 1.82) is 0 Å². The van der Waals surface area contributed by atoms with Gasteiger partial charge in [-0.1, -0.05) is 19.9 Å². The topological polar surface area (TPSA) is 24.9 Å². The Morgan fingerprint density at radius 2 is 2.06 bits per heavy atom. The van der Waals surface area contributed by atoms with Gasteiger partial charge in [0.05, 0.1) is 5.52 Å². The van der Waals surface area contributed by atoms with E-state index in [4.69, 9.17) is 0 Å². The molecule has 0 saturated heterocycles. The molecule has 2 nitrogen and oxygen atoms in total. The summed E-state index contributed by atoms with van der Waals surface area (Å²) < 4.78 is 0. The highest BCUT2D eigenvalue weighted by Crippen LogP contribution is 2.24. The molecule has 2 aromatic rings. The highest BCUT2D eigenvalue weighted by molar-refractivity contribution is 5.93. The lowest BCUT2D eigenvalue weighted by atomic mass is 10.1. The van der Waals surface area contributed by atoms with Crippen molar-refractivity contribution in [2.24, 2.45) is 5.92 Å². The predicted molar refractivity (Wildman–Crippen MR) is 74.4 cm³/mol. The monoisotopic (exact) mass is 228 g/mol. The van der Waals surface area contributed by atoms with Crippen molar-refractivity contribution in [3.8, 4) is 0 Å². The summed E-state index contributed by atoms with van der Waals surface area (Å²) in [5.74, 6) is 0.734.